The highest BCUT2D eigenvalue weighted by Gasteiger charge is 2.22. The van der Waals surface area contributed by atoms with Gasteiger partial charge in [0.05, 0.1) is 13.3 Å². The lowest BCUT2D eigenvalue weighted by Crippen LogP contribution is -2.31. The summed E-state index contributed by atoms with van der Waals surface area (Å²) in [5.41, 5.74) is 8.13. The minimum Gasteiger partial charge on any atom is -0.466 e. The molecule has 1 aromatic carbocycles. The number of aryl methyl sites for hydroxylation is 1. The number of para-hydroxylation sites is 2. The number of imidazole rings is 1. The number of rotatable bonds is 3. The van der Waals surface area contributed by atoms with Gasteiger partial charge in [0.25, 0.3) is 0 Å². The quantitative estimate of drug-likeness (QED) is 0.697. The van der Waals surface area contributed by atoms with Gasteiger partial charge in [0.2, 0.25) is 0 Å². The van der Waals surface area contributed by atoms with Crippen molar-refractivity contribution in [2.45, 2.75) is 12.6 Å². The number of hydrogen-bond acceptors (Lipinski definition) is 3. The van der Waals surface area contributed by atoms with Crippen molar-refractivity contribution < 1.29 is 14.1 Å². The number of anilines is 1. The maximum absolute atomic E-state index is 10.2. The van der Waals surface area contributed by atoms with Crippen LogP contribution in [0.4, 0.5) is 5.95 Å². The van der Waals surface area contributed by atoms with Gasteiger partial charge in [-0.1, -0.05) is 12.1 Å². The molecule has 0 bridgehead atoms. The number of aromatic nitrogens is 2. The lowest BCUT2D eigenvalue weighted by molar-refractivity contribution is -0.630. The van der Waals surface area contributed by atoms with Gasteiger partial charge in [-0.05, 0) is 24.3 Å². The Kier molecular flexibility index (Phi) is 2.76. The second-order valence-corrected chi connectivity index (χ2v) is 4.55. The topological polar surface area (TPSA) is 68.2 Å². The van der Waals surface area contributed by atoms with Crippen LogP contribution in [0, 0.1) is 0 Å². The lowest BCUT2D eigenvalue weighted by atomic mass is 10.2. The highest BCUT2D eigenvalue weighted by molar-refractivity contribution is 5.73. The average Bonchev–Trinajstić information content (AvgIpc) is 3.03. The first-order chi connectivity index (χ1) is 9.18. The van der Waals surface area contributed by atoms with Crippen LogP contribution in [0.3, 0.4) is 0 Å². The number of furan rings is 1. The fourth-order valence-corrected chi connectivity index (χ4v) is 2.34. The number of nitrogens with two attached hydrogens (primary N) is 1. The van der Waals surface area contributed by atoms with Gasteiger partial charge >= 0.3 is 5.95 Å². The molecule has 0 spiro atoms. The van der Waals surface area contributed by atoms with Crippen molar-refractivity contribution in [2.75, 3.05) is 5.73 Å². The third-order valence-corrected chi connectivity index (χ3v) is 3.38. The predicted molar refractivity (Wildman–Crippen MR) is 71.2 cm³/mol. The number of nitrogens with zero attached hydrogens (tertiary/aromatic N) is 2. The van der Waals surface area contributed by atoms with E-state index < -0.39 is 6.10 Å². The zero-order valence-electron chi connectivity index (χ0n) is 10.7. The van der Waals surface area contributed by atoms with E-state index in [2.05, 4.69) is 0 Å². The van der Waals surface area contributed by atoms with E-state index in [1.807, 2.05) is 40.4 Å². The highest BCUT2D eigenvalue weighted by Crippen LogP contribution is 2.21. The smallest absolute Gasteiger partial charge is 0.355 e. The van der Waals surface area contributed by atoms with Crippen LogP contribution < -0.4 is 10.3 Å². The molecule has 2 heterocycles. The van der Waals surface area contributed by atoms with Crippen molar-refractivity contribution >= 4 is 17.0 Å². The van der Waals surface area contributed by atoms with Crippen molar-refractivity contribution in [3.63, 3.8) is 0 Å². The second-order valence-electron chi connectivity index (χ2n) is 4.55. The molecule has 2 aromatic heterocycles. The van der Waals surface area contributed by atoms with Gasteiger partial charge in [0.1, 0.15) is 29.4 Å². The maximum atomic E-state index is 10.2. The molecule has 98 valence electrons. The third-order valence-electron chi connectivity index (χ3n) is 3.38. The predicted octanol–water partition coefficient (Wildman–Crippen LogP) is 1.37. The summed E-state index contributed by atoms with van der Waals surface area (Å²) >= 11 is 0. The summed E-state index contributed by atoms with van der Waals surface area (Å²) in [5, 5.41) is 10.2. The van der Waals surface area contributed by atoms with E-state index in [-0.39, 0.29) is 0 Å². The molecule has 0 aliphatic heterocycles. The van der Waals surface area contributed by atoms with E-state index in [9.17, 15) is 5.11 Å². The van der Waals surface area contributed by atoms with Crippen LogP contribution >= 0.6 is 0 Å². The Morgan fingerprint density at radius 1 is 1.32 bits per heavy atom. The Morgan fingerprint density at radius 2 is 2.11 bits per heavy atom. The van der Waals surface area contributed by atoms with Gasteiger partial charge < -0.3 is 9.52 Å². The van der Waals surface area contributed by atoms with E-state index in [0.717, 1.165) is 11.0 Å². The molecular formula is C14H16N3O2+. The number of benzene rings is 1. The summed E-state index contributed by atoms with van der Waals surface area (Å²) in [6.07, 6.45) is 0.837. The molecule has 3 N–H and O–H groups in total. The number of fused-ring (bicyclic) bond motifs is 1. The van der Waals surface area contributed by atoms with Gasteiger partial charge in [-0.25, -0.2) is 9.13 Å². The first-order valence-electron chi connectivity index (χ1n) is 6.12. The molecule has 3 rings (SSSR count). The first kappa shape index (κ1) is 11.8. The Balaban J connectivity index is 2.03. The van der Waals surface area contributed by atoms with E-state index in [0.29, 0.717) is 18.3 Å². The first-order valence-corrected chi connectivity index (χ1v) is 6.12. The molecule has 0 amide bonds. The molecule has 5 heteroatoms. The Morgan fingerprint density at radius 3 is 2.84 bits per heavy atom. The maximum Gasteiger partial charge on any atom is 0.355 e. The summed E-state index contributed by atoms with van der Waals surface area (Å²) in [7, 11) is 1.91. The normalized spacial score (nSPS) is 12.9. The minimum atomic E-state index is -0.715. The molecule has 19 heavy (non-hydrogen) atoms. The molecule has 0 aliphatic rings. The molecule has 0 aliphatic carbocycles. The Hall–Kier alpha value is -2.27. The Labute approximate surface area is 110 Å². The third kappa shape index (κ3) is 1.88. The molecule has 5 nitrogen and oxygen atoms in total. The molecular weight excluding hydrogens is 242 g/mol. The summed E-state index contributed by atoms with van der Waals surface area (Å²) in [5.74, 6) is 1.15. The van der Waals surface area contributed by atoms with Crippen molar-refractivity contribution in [3.05, 3.63) is 48.4 Å². The molecule has 0 fully saturated rings. The van der Waals surface area contributed by atoms with Crippen LogP contribution in [0.25, 0.3) is 11.0 Å². The van der Waals surface area contributed by atoms with Gasteiger partial charge in [0.15, 0.2) is 0 Å². The SMILES string of the molecule is C[n+]1c(N)n(CC(O)c2ccco2)c2ccccc21. The molecule has 3 aromatic rings. The van der Waals surface area contributed by atoms with Crippen LogP contribution in [0.1, 0.15) is 11.9 Å². The van der Waals surface area contributed by atoms with E-state index in [1.165, 1.54) is 0 Å². The number of hydrogen-bond donors (Lipinski definition) is 2. The van der Waals surface area contributed by atoms with Crippen LogP contribution in [0.5, 0.6) is 0 Å². The Bertz CT molecular complexity index is 701. The minimum absolute atomic E-state index is 0.362. The zero-order chi connectivity index (χ0) is 13.4. The second kappa shape index (κ2) is 4.44. The van der Waals surface area contributed by atoms with Gasteiger partial charge in [-0.3, -0.25) is 5.73 Å². The molecule has 0 saturated carbocycles. The van der Waals surface area contributed by atoms with Crippen LogP contribution in [-0.2, 0) is 13.6 Å². The number of aliphatic hydroxyl groups is 1. The standard InChI is InChI=1S/C14H15N3O2/c1-16-10-5-2-3-6-11(10)17(14(16)15)9-12(18)13-7-4-8-19-13/h2-8,12,15,18H,9H2,1H3/p+1. The van der Waals surface area contributed by atoms with Crippen molar-refractivity contribution in [3.8, 4) is 0 Å². The van der Waals surface area contributed by atoms with Gasteiger partial charge in [-0.2, -0.15) is 0 Å². The van der Waals surface area contributed by atoms with E-state index in [4.69, 9.17) is 10.2 Å². The molecule has 1 atom stereocenters. The van der Waals surface area contributed by atoms with Gasteiger partial charge in [0, 0.05) is 0 Å². The molecule has 1 unspecified atom stereocenters. The fraction of sp³-hybridized carbons (Fsp3) is 0.214. The fourth-order valence-electron chi connectivity index (χ4n) is 2.34. The zero-order valence-corrected chi connectivity index (χ0v) is 10.7. The van der Waals surface area contributed by atoms with Crippen molar-refractivity contribution in [2.24, 2.45) is 7.05 Å². The van der Waals surface area contributed by atoms with Crippen molar-refractivity contribution in [1.29, 1.82) is 0 Å². The summed E-state index contributed by atoms with van der Waals surface area (Å²) in [6, 6.07) is 11.4. The summed E-state index contributed by atoms with van der Waals surface area (Å²) in [4.78, 5) is 0. The van der Waals surface area contributed by atoms with Crippen LogP contribution in [0.2, 0.25) is 0 Å². The number of aliphatic hydroxyl groups excluding tert-OH is 1. The van der Waals surface area contributed by atoms with E-state index >= 15 is 0 Å². The highest BCUT2D eigenvalue weighted by atomic mass is 16.4. The van der Waals surface area contributed by atoms with Crippen LogP contribution in [0.15, 0.2) is 47.1 Å². The van der Waals surface area contributed by atoms with E-state index in [1.54, 1.807) is 18.4 Å². The summed E-state index contributed by atoms with van der Waals surface area (Å²) in [6.45, 7) is 0.362. The molecule has 0 saturated heterocycles. The number of nitrogen functional groups attached to an aromatic ring is 1. The summed E-state index contributed by atoms with van der Waals surface area (Å²) < 4.78 is 9.01. The molecule has 0 radical (unpaired) electrons. The van der Waals surface area contributed by atoms with Crippen LogP contribution in [-0.4, -0.2) is 9.67 Å². The average molecular weight is 258 g/mol. The largest absolute Gasteiger partial charge is 0.466 e. The van der Waals surface area contributed by atoms with Gasteiger partial charge in [-0.15, -0.1) is 0 Å². The van der Waals surface area contributed by atoms with Crippen molar-refractivity contribution in [1.82, 2.24) is 4.57 Å². The lowest BCUT2D eigenvalue weighted by Gasteiger charge is -2.07. The monoisotopic (exact) mass is 258 g/mol.